The second kappa shape index (κ2) is 7.64. The Hall–Kier alpha value is 0.700. The van der Waals surface area contributed by atoms with Crippen LogP contribution in [-0.2, 0) is 18.3 Å². The lowest BCUT2D eigenvalue weighted by atomic mass is 9.94. The largest absolute Gasteiger partial charge is 0.357 e. The summed E-state index contributed by atoms with van der Waals surface area (Å²) in [5.41, 5.74) is 0.618. The number of thiol groups is 1. The molecule has 0 amide bonds. The third-order valence-electron chi connectivity index (χ3n) is 3.11. The van der Waals surface area contributed by atoms with E-state index in [9.17, 15) is 0 Å². The van der Waals surface area contributed by atoms with E-state index < -0.39 is 5.44 Å². The summed E-state index contributed by atoms with van der Waals surface area (Å²) in [6.45, 7) is 0. The van der Waals surface area contributed by atoms with E-state index in [1.54, 1.807) is 0 Å². The zero-order valence-corrected chi connectivity index (χ0v) is 14.4. The van der Waals surface area contributed by atoms with Crippen LogP contribution in [0, 0.1) is 0 Å². The lowest BCUT2D eigenvalue weighted by molar-refractivity contribution is -0.167. The molecule has 1 aromatic rings. The Kier molecular flexibility index (Phi) is 6.46. The molecule has 0 aromatic heterocycles. The van der Waals surface area contributed by atoms with Gasteiger partial charge in [0.25, 0.3) is 0 Å². The monoisotopic (exact) mass is 338 g/mol. The Morgan fingerprint density at radius 2 is 1.47 bits per heavy atom. The van der Waals surface area contributed by atoms with E-state index in [2.05, 4.69) is 41.0 Å². The topological polar surface area (TPSA) is 36.9 Å². The maximum Gasteiger partial charge on any atom is 0.130 e. The molecule has 106 valence electrons. The molecule has 8 atom stereocenters. The molecule has 19 heavy (non-hydrogen) atoms. The van der Waals surface area contributed by atoms with Crippen LogP contribution in [0.1, 0.15) is 11.7 Å². The van der Waals surface area contributed by atoms with Crippen LogP contribution in [0.2, 0.25) is 0 Å². The predicted octanol–water partition coefficient (Wildman–Crippen LogP) is 2.54. The summed E-state index contributed by atoms with van der Waals surface area (Å²) in [5, 5.41) is 0. The SMILES string of the molecule is PO[C@H]1[C@H](OP)C(S)OC(c2ccccc2)[C@@H]1OP. The first-order valence-electron chi connectivity index (χ1n) is 5.68. The molecular formula is C11H17O4P3S. The molecule has 0 bridgehead atoms. The van der Waals surface area contributed by atoms with Gasteiger partial charge in [-0.1, -0.05) is 30.3 Å². The van der Waals surface area contributed by atoms with Crippen molar-refractivity contribution < 1.29 is 18.3 Å². The van der Waals surface area contributed by atoms with Crippen molar-refractivity contribution in [3.05, 3.63) is 35.9 Å². The van der Waals surface area contributed by atoms with Crippen LogP contribution in [-0.4, -0.2) is 23.7 Å². The molecule has 5 unspecified atom stereocenters. The van der Waals surface area contributed by atoms with Crippen LogP contribution in [0.3, 0.4) is 0 Å². The number of hydrogen-bond acceptors (Lipinski definition) is 5. The molecule has 2 rings (SSSR count). The fourth-order valence-electron chi connectivity index (χ4n) is 2.19. The first kappa shape index (κ1) is 16.1. The maximum atomic E-state index is 5.91. The fourth-order valence-corrected chi connectivity index (χ4v) is 3.59. The van der Waals surface area contributed by atoms with E-state index in [1.165, 1.54) is 0 Å². The summed E-state index contributed by atoms with van der Waals surface area (Å²) in [4.78, 5) is 0. The van der Waals surface area contributed by atoms with E-state index in [-0.39, 0.29) is 24.4 Å². The zero-order chi connectivity index (χ0) is 13.8. The van der Waals surface area contributed by atoms with Gasteiger partial charge in [-0.2, -0.15) is 0 Å². The molecule has 0 aliphatic carbocycles. The summed E-state index contributed by atoms with van der Waals surface area (Å²) in [5.74, 6) is 0. The Balaban J connectivity index is 2.29. The van der Waals surface area contributed by atoms with Gasteiger partial charge in [-0.15, -0.1) is 12.6 Å². The molecule has 4 nitrogen and oxygen atoms in total. The molecule has 8 heteroatoms. The van der Waals surface area contributed by atoms with Crippen molar-refractivity contribution in [3.8, 4) is 0 Å². The van der Waals surface area contributed by atoms with Gasteiger partial charge >= 0.3 is 0 Å². The van der Waals surface area contributed by atoms with Gasteiger partial charge in [-0.3, -0.25) is 0 Å². The highest BCUT2D eigenvalue weighted by Gasteiger charge is 2.46. The third-order valence-corrected chi connectivity index (χ3v) is 4.47. The van der Waals surface area contributed by atoms with Crippen molar-refractivity contribution in [2.45, 2.75) is 29.9 Å². The molecule has 1 aliphatic rings. The van der Waals surface area contributed by atoms with Crippen LogP contribution in [0.25, 0.3) is 0 Å². The molecule has 1 aromatic carbocycles. The summed E-state index contributed by atoms with van der Waals surface area (Å²) in [7, 11) is 6.74. The predicted molar refractivity (Wildman–Crippen MR) is 86.8 cm³/mol. The Morgan fingerprint density at radius 1 is 0.895 bits per heavy atom. The highest BCUT2D eigenvalue weighted by Crippen LogP contribution is 2.39. The van der Waals surface area contributed by atoms with Crippen LogP contribution < -0.4 is 0 Å². The Bertz CT molecular complexity index is 397. The number of hydrogen-bond donors (Lipinski definition) is 1. The van der Waals surface area contributed by atoms with E-state index in [0.717, 1.165) is 5.56 Å². The highest BCUT2D eigenvalue weighted by atomic mass is 32.1. The smallest absolute Gasteiger partial charge is 0.130 e. The van der Waals surface area contributed by atoms with Crippen LogP contribution in [0.15, 0.2) is 30.3 Å². The first-order chi connectivity index (χ1) is 9.22. The van der Waals surface area contributed by atoms with Crippen molar-refractivity contribution in [1.82, 2.24) is 0 Å². The van der Waals surface area contributed by atoms with Gasteiger partial charge in [0.05, 0.1) is 0 Å². The molecule has 1 aliphatic heterocycles. The third kappa shape index (κ3) is 3.48. The van der Waals surface area contributed by atoms with Crippen LogP contribution in [0.5, 0.6) is 0 Å². The average molecular weight is 338 g/mol. The molecule has 1 saturated heterocycles. The quantitative estimate of drug-likeness (QED) is 0.676. The van der Waals surface area contributed by atoms with Crippen molar-refractivity contribution >= 4 is 41.0 Å². The summed E-state index contributed by atoms with van der Waals surface area (Å²) in [6.07, 6.45) is -1.21. The van der Waals surface area contributed by atoms with Crippen LogP contribution in [0.4, 0.5) is 0 Å². The summed E-state index contributed by atoms with van der Waals surface area (Å²) < 4.78 is 22.1. The van der Waals surface area contributed by atoms with E-state index in [1.807, 2.05) is 30.3 Å². The number of ether oxygens (including phenoxy) is 1. The second-order valence-electron chi connectivity index (χ2n) is 4.16. The van der Waals surface area contributed by atoms with Gasteiger partial charge in [0.2, 0.25) is 0 Å². The van der Waals surface area contributed by atoms with Crippen molar-refractivity contribution in [2.75, 3.05) is 0 Å². The molecular weight excluding hydrogens is 321 g/mol. The first-order valence-corrected chi connectivity index (χ1v) is 7.61. The maximum absolute atomic E-state index is 5.91. The van der Waals surface area contributed by atoms with Crippen molar-refractivity contribution in [3.63, 3.8) is 0 Å². The van der Waals surface area contributed by atoms with Crippen LogP contribution >= 0.6 is 41.0 Å². The zero-order valence-electron chi connectivity index (χ0n) is 10.1. The molecule has 0 saturated carbocycles. The van der Waals surface area contributed by atoms with Gasteiger partial charge < -0.3 is 18.3 Å². The summed E-state index contributed by atoms with van der Waals surface area (Å²) >= 11 is 4.43. The lowest BCUT2D eigenvalue weighted by Gasteiger charge is -2.43. The average Bonchev–Trinajstić information content (AvgIpc) is 2.46. The van der Waals surface area contributed by atoms with E-state index in [4.69, 9.17) is 18.3 Å². The van der Waals surface area contributed by atoms with E-state index in [0.29, 0.717) is 0 Å². The van der Waals surface area contributed by atoms with Gasteiger partial charge in [0, 0.05) is 28.4 Å². The fraction of sp³-hybridized carbons (Fsp3) is 0.455. The minimum absolute atomic E-state index is 0.261. The Morgan fingerprint density at radius 3 is 2.00 bits per heavy atom. The van der Waals surface area contributed by atoms with Gasteiger partial charge in [-0.05, 0) is 5.56 Å². The Labute approximate surface area is 125 Å². The highest BCUT2D eigenvalue weighted by molar-refractivity contribution is 7.80. The number of rotatable bonds is 4. The van der Waals surface area contributed by atoms with Crippen molar-refractivity contribution in [2.24, 2.45) is 0 Å². The molecule has 1 heterocycles. The van der Waals surface area contributed by atoms with Gasteiger partial charge in [-0.25, -0.2) is 0 Å². The molecule has 1 fully saturated rings. The van der Waals surface area contributed by atoms with Crippen molar-refractivity contribution in [1.29, 1.82) is 0 Å². The van der Waals surface area contributed by atoms with E-state index >= 15 is 0 Å². The lowest BCUT2D eigenvalue weighted by Crippen LogP contribution is -2.53. The summed E-state index contributed by atoms with van der Waals surface area (Å²) in [6, 6.07) is 9.86. The molecule has 0 N–H and O–H groups in total. The molecule has 0 radical (unpaired) electrons. The van der Waals surface area contributed by atoms with Gasteiger partial charge in [0.15, 0.2) is 0 Å². The minimum atomic E-state index is -0.398. The van der Waals surface area contributed by atoms with Gasteiger partial charge in [0.1, 0.15) is 29.9 Å². The minimum Gasteiger partial charge on any atom is -0.357 e. The standard InChI is InChI=1S/C11H17O4P3S/c16-13-8-7(6-4-2-1-3-5-6)12-11(19)10(15-18)9(8)14-17/h1-5,7-11,19H,16-18H2/t7?,8-,9+,10-,11?/m0/s1. The normalized spacial score (nSPS) is 35.3. The second-order valence-corrected chi connectivity index (χ2v) is 5.49. The number of benzene rings is 1. The molecule has 0 spiro atoms.